The molecule has 0 radical (unpaired) electrons. The molecular formula is C15H17NO2. The van der Waals surface area contributed by atoms with Crippen molar-refractivity contribution in [3.8, 4) is 0 Å². The molecule has 0 saturated heterocycles. The first-order chi connectivity index (χ1) is 8.72. The van der Waals surface area contributed by atoms with Crippen LogP contribution >= 0.6 is 0 Å². The number of rotatable bonds is 3. The number of nitrogens with one attached hydrogen (secondary N) is 1. The van der Waals surface area contributed by atoms with Crippen molar-refractivity contribution in [3.05, 3.63) is 48.0 Å². The van der Waals surface area contributed by atoms with Crippen molar-refractivity contribution >= 4 is 16.9 Å². The van der Waals surface area contributed by atoms with Crippen LogP contribution in [-0.2, 0) is 4.74 Å². The van der Waals surface area contributed by atoms with Gasteiger partial charge in [0.2, 0.25) is 0 Å². The average molecular weight is 243 g/mol. The molecule has 3 nitrogen and oxygen atoms in total. The van der Waals surface area contributed by atoms with Crippen LogP contribution in [-0.4, -0.2) is 12.7 Å². The Kier molecular flexibility index (Phi) is 3.82. The lowest BCUT2D eigenvalue weighted by Crippen LogP contribution is -2.27. The molecule has 18 heavy (non-hydrogen) atoms. The summed E-state index contributed by atoms with van der Waals surface area (Å²) in [6.45, 7) is 4.13. The number of carbonyl (C=O) groups is 1. The lowest BCUT2D eigenvalue weighted by atomic mass is 10.00. The van der Waals surface area contributed by atoms with Gasteiger partial charge in [-0.2, -0.15) is 0 Å². The van der Waals surface area contributed by atoms with E-state index < -0.39 is 0 Å². The lowest BCUT2D eigenvalue weighted by Gasteiger charge is -2.16. The molecular weight excluding hydrogens is 226 g/mol. The van der Waals surface area contributed by atoms with E-state index in [4.69, 9.17) is 4.74 Å². The lowest BCUT2D eigenvalue weighted by molar-refractivity contribution is 0.149. The molecule has 2 aromatic carbocycles. The summed E-state index contributed by atoms with van der Waals surface area (Å²) in [5.41, 5.74) is 1.10. The molecule has 0 aliphatic carbocycles. The Morgan fingerprint density at radius 3 is 2.72 bits per heavy atom. The van der Waals surface area contributed by atoms with Gasteiger partial charge in [0, 0.05) is 0 Å². The molecule has 1 atom stereocenters. The third kappa shape index (κ3) is 2.62. The quantitative estimate of drug-likeness (QED) is 0.893. The van der Waals surface area contributed by atoms with Gasteiger partial charge in [0.1, 0.15) is 0 Å². The van der Waals surface area contributed by atoms with Gasteiger partial charge >= 0.3 is 6.09 Å². The van der Waals surface area contributed by atoms with Crippen molar-refractivity contribution in [2.75, 3.05) is 6.61 Å². The molecule has 2 rings (SSSR count). The molecule has 1 N–H and O–H groups in total. The zero-order valence-electron chi connectivity index (χ0n) is 10.6. The van der Waals surface area contributed by atoms with Gasteiger partial charge in [-0.1, -0.05) is 42.5 Å². The highest BCUT2D eigenvalue weighted by molar-refractivity contribution is 5.86. The normalized spacial score (nSPS) is 12.1. The summed E-state index contributed by atoms with van der Waals surface area (Å²) in [4.78, 5) is 11.4. The second-order valence-electron chi connectivity index (χ2n) is 4.15. The number of carbonyl (C=O) groups excluding carboxylic acids is 1. The predicted molar refractivity (Wildman–Crippen MR) is 72.5 cm³/mol. The standard InChI is InChI=1S/C15H17NO2/c1-3-18-15(17)16-11(2)13-10-6-8-12-7-4-5-9-14(12)13/h4-11H,3H2,1-2H3,(H,16,17). The molecule has 94 valence electrons. The topological polar surface area (TPSA) is 38.3 Å². The molecule has 0 fully saturated rings. The number of ether oxygens (including phenoxy) is 1. The Balaban J connectivity index is 2.27. The summed E-state index contributed by atoms with van der Waals surface area (Å²) in [5, 5.41) is 5.16. The van der Waals surface area contributed by atoms with Crippen molar-refractivity contribution in [2.45, 2.75) is 19.9 Å². The van der Waals surface area contributed by atoms with E-state index in [0.29, 0.717) is 6.61 Å². The van der Waals surface area contributed by atoms with Crippen molar-refractivity contribution in [2.24, 2.45) is 0 Å². The molecule has 0 spiro atoms. The van der Waals surface area contributed by atoms with Crippen LogP contribution in [0.4, 0.5) is 4.79 Å². The van der Waals surface area contributed by atoms with Crippen LogP contribution in [0, 0.1) is 0 Å². The van der Waals surface area contributed by atoms with Crippen LogP contribution < -0.4 is 5.32 Å². The van der Waals surface area contributed by atoms with Gasteiger partial charge in [-0.15, -0.1) is 0 Å². The smallest absolute Gasteiger partial charge is 0.407 e. The summed E-state index contributed by atoms with van der Waals surface area (Å²) in [5.74, 6) is 0. The summed E-state index contributed by atoms with van der Waals surface area (Å²) in [6, 6.07) is 14.2. The molecule has 0 aliphatic rings. The largest absolute Gasteiger partial charge is 0.450 e. The summed E-state index contributed by atoms with van der Waals surface area (Å²) < 4.78 is 4.90. The van der Waals surface area contributed by atoms with Crippen LogP contribution in [0.5, 0.6) is 0 Å². The molecule has 2 aromatic rings. The van der Waals surface area contributed by atoms with Gasteiger partial charge < -0.3 is 10.1 Å². The molecule has 1 amide bonds. The molecule has 3 heteroatoms. The minimum atomic E-state index is -0.377. The Bertz CT molecular complexity index is 546. The van der Waals surface area contributed by atoms with E-state index >= 15 is 0 Å². The van der Waals surface area contributed by atoms with E-state index in [0.717, 1.165) is 10.9 Å². The average Bonchev–Trinajstić information content (AvgIpc) is 2.38. The second-order valence-corrected chi connectivity index (χ2v) is 4.15. The van der Waals surface area contributed by atoms with Crippen LogP contribution in [0.3, 0.4) is 0 Å². The fourth-order valence-corrected chi connectivity index (χ4v) is 2.06. The maximum absolute atomic E-state index is 11.4. The highest BCUT2D eigenvalue weighted by atomic mass is 16.5. The molecule has 0 heterocycles. The Morgan fingerprint density at radius 1 is 1.22 bits per heavy atom. The maximum Gasteiger partial charge on any atom is 0.407 e. The SMILES string of the molecule is CCOC(=O)NC(C)c1cccc2ccccc12. The zero-order valence-corrected chi connectivity index (χ0v) is 10.6. The number of hydrogen-bond donors (Lipinski definition) is 1. The number of fused-ring (bicyclic) bond motifs is 1. The van der Waals surface area contributed by atoms with Gasteiger partial charge in [-0.3, -0.25) is 0 Å². The Hall–Kier alpha value is -2.03. The molecule has 1 unspecified atom stereocenters. The minimum absolute atomic E-state index is 0.0739. The van der Waals surface area contributed by atoms with Crippen LogP contribution in [0.25, 0.3) is 10.8 Å². The number of hydrogen-bond acceptors (Lipinski definition) is 2. The van der Waals surface area contributed by atoms with E-state index in [1.165, 1.54) is 5.39 Å². The highest BCUT2D eigenvalue weighted by Crippen LogP contribution is 2.23. The van der Waals surface area contributed by atoms with Crippen LogP contribution in [0.2, 0.25) is 0 Å². The van der Waals surface area contributed by atoms with Gasteiger partial charge in [0.25, 0.3) is 0 Å². The predicted octanol–water partition coefficient (Wildman–Crippen LogP) is 3.65. The molecule has 0 aromatic heterocycles. The Morgan fingerprint density at radius 2 is 1.94 bits per heavy atom. The number of amides is 1. The zero-order chi connectivity index (χ0) is 13.0. The Labute approximate surface area is 107 Å². The number of alkyl carbamates (subject to hydrolysis) is 1. The van der Waals surface area contributed by atoms with Crippen molar-refractivity contribution in [3.63, 3.8) is 0 Å². The van der Waals surface area contributed by atoms with Gasteiger partial charge in [-0.05, 0) is 30.2 Å². The third-order valence-corrected chi connectivity index (χ3v) is 2.90. The molecule has 0 bridgehead atoms. The summed E-state index contributed by atoms with van der Waals surface area (Å²) in [6.07, 6.45) is -0.377. The van der Waals surface area contributed by atoms with Crippen LogP contribution in [0.1, 0.15) is 25.5 Å². The van der Waals surface area contributed by atoms with Crippen molar-refractivity contribution in [1.82, 2.24) is 5.32 Å². The van der Waals surface area contributed by atoms with Gasteiger partial charge in [0.15, 0.2) is 0 Å². The van der Waals surface area contributed by atoms with E-state index in [9.17, 15) is 4.79 Å². The minimum Gasteiger partial charge on any atom is -0.450 e. The van der Waals surface area contributed by atoms with Crippen molar-refractivity contribution < 1.29 is 9.53 Å². The number of benzene rings is 2. The second kappa shape index (κ2) is 5.54. The molecule has 0 saturated carbocycles. The first-order valence-electron chi connectivity index (χ1n) is 6.13. The fourth-order valence-electron chi connectivity index (χ4n) is 2.06. The third-order valence-electron chi connectivity index (χ3n) is 2.90. The van der Waals surface area contributed by atoms with E-state index in [2.05, 4.69) is 23.5 Å². The summed E-state index contributed by atoms with van der Waals surface area (Å²) in [7, 11) is 0. The van der Waals surface area contributed by atoms with Crippen LogP contribution in [0.15, 0.2) is 42.5 Å². The van der Waals surface area contributed by atoms with E-state index in [1.54, 1.807) is 6.92 Å². The van der Waals surface area contributed by atoms with Crippen molar-refractivity contribution in [1.29, 1.82) is 0 Å². The fraction of sp³-hybridized carbons (Fsp3) is 0.267. The maximum atomic E-state index is 11.4. The first-order valence-corrected chi connectivity index (χ1v) is 6.13. The van der Waals surface area contributed by atoms with E-state index in [-0.39, 0.29) is 12.1 Å². The molecule has 0 aliphatic heterocycles. The first kappa shape index (κ1) is 12.4. The monoisotopic (exact) mass is 243 g/mol. The van der Waals surface area contributed by atoms with Gasteiger partial charge in [-0.25, -0.2) is 4.79 Å². The summed E-state index contributed by atoms with van der Waals surface area (Å²) >= 11 is 0. The highest BCUT2D eigenvalue weighted by Gasteiger charge is 2.12. The van der Waals surface area contributed by atoms with E-state index in [1.807, 2.05) is 31.2 Å². The van der Waals surface area contributed by atoms with Gasteiger partial charge in [0.05, 0.1) is 12.6 Å².